The van der Waals surface area contributed by atoms with E-state index in [-0.39, 0.29) is 0 Å². The standard InChI is InChI=1S/C5H5N.C4H5N.CHF3O3S/c1-2-4-6-5-3-1;1-2-4-5-3-1;2-1(3,4)8(5,6)7/h1-5H;1-5H;(H,5,6,7). The summed E-state index contributed by atoms with van der Waals surface area (Å²) in [4.78, 5) is 6.65. The van der Waals surface area contributed by atoms with Crippen LogP contribution in [0.25, 0.3) is 0 Å². The van der Waals surface area contributed by atoms with Gasteiger partial charge in [0.05, 0.1) is 0 Å². The molecule has 5 nitrogen and oxygen atoms in total. The predicted octanol–water partition coefficient (Wildman–Crippen LogP) is 2.49. The molecule has 2 aromatic heterocycles. The van der Waals surface area contributed by atoms with Gasteiger partial charge in [-0.1, -0.05) is 6.07 Å². The van der Waals surface area contributed by atoms with Gasteiger partial charge in [0, 0.05) is 24.8 Å². The van der Waals surface area contributed by atoms with E-state index in [9.17, 15) is 13.2 Å². The van der Waals surface area contributed by atoms with Crippen molar-refractivity contribution < 1.29 is 26.1 Å². The quantitative estimate of drug-likeness (QED) is 0.578. The second kappa shape index (κ2) is 8.27. The number of H-pyrrole nitrogens is 1. The molecule has 0 aliphatic heterocycles. The third-order valence-electron chi connectivity index (χ3n) is 1.35. The summed E-state index contributed by atoms with van der Waals surface area (Å²) in [7, 11) is -5.84. The van der Waals surface area contributed by atoms with Crippen LogP contribution < -0.4 is 0 Å². The second-order valence-electron chi connectivity index (χ2n) is 2.83. The van der Waals surface area contributed by atoms with Crippen LogP contribution in [0.15, 0.2) is 55.1 Å². The molecule has 0 aliphatic carbocycles. The van der Waals surface area contributed by atoms with Gasteiger partial charge in [0.1, 0.15) is 0 Å². The SMILES string of the molecule is O=S(=O)(O)C(F)(F)F.c1cc[nH]c1.c1ccncc1. The van der Waals surface area contributed by atoms with Gasteiger partial charge in [0.25, 0.3) is 0 Å². The van der Waals surface area contributed by atoms with Gasteiger partial charge in [-0.2, -0.15) is 21.6 Å². The highest BCUT2D eigenvalue weighted by atomic mass is 32.2. The summed E-state index contributed by atoms with van der Waals surface area (Å²) in [5.41, 5.74) is -5.53. The fourth-order valence-corrected chi connectivity index (χ4v) is 0.590. The first-order valence-corrected chi connectivity index (χ1v) is 6.15. The average molecular weight is 296 g/mol. The smallest absolute Gasteiger partial charge is 0.368 e. The molecule has 0 saturated heterocycles. The molecule has 9 heteroatoms. The Morgan fingerprint density at radius 1 is 0.947 bits per heavy atom. The summed E-state index contributed by atoms with van der Waals surface area (Å²) in [6.07, 6.45) is 7.25. The second-order valence-corrected chi connectivity index (χ2v) is 4.24. The summed E-state index contributed by atoms with van der Waals surface area (Å²) in [5.74, 6) is 0. The molecule has 0 aliphatic rings. The lowest BCUT2D eigenvalue weighted by molar-refractivity contribution is -0.0510. The van der Waals surface area contributed by atoms with Gasteiger partial charge in [-0.15, -0.1) is 0 Å². The molecule has 0 radical (unpaired) electrons. The first-order valence-electron chi connectivity index (χ1n) is 4.71. The first kappa shape index (κ1) is 17.1. The lowest BCUT2D eigenvalue weighted by Gasteiger charge is -1.97. The molecule has 0 fully saturated rings. The third-order valence-corrected chi connectivity index (χ3v) is 1.94. The summed E-state index contributed by atoms with van der Waals surface area (Å²) in [5, 5.41) is 0. The van der Waals surface area contributed by atoms with Gasteiger partial charge in [0.2, 0.25) is 0 Å². The Hall–Kier alpha value is -1.87. The number of hydrogen-bond acceptors (Lipinski definition) is 3. The number of nitrogens with one attached hydrogen (secondary N) is 1. The third kappa shape index (κ3) is 9.80. The van der Waals surface area contributed by atoms with E-state index in [1.807, 2.05) is 42.7 Å². The van der Waals surface area contributed by atoms with E-state index in [0.29, 0.717) is 0 Å². The predicted molar refractivity (Wildman–Crippen MR) is 62.6 cm³/mol. The fraction of sp³-hybridized carbons (Fsp3) is 0.100. The minimum atomic E-state index is -5.84. The zero-order valence-corrected chi connectivity index (χ0v) is 10.3. The molecule has 0 unspecified atom stereocenters. The van der Waals surface area contributed by atoms with E-state index in [1.165, 1.54) is 0 Å². The zero-order chi connectivity index (χ0) is 14.8. The summed E-state index contributed by atoms with van der Waals surface area (Å²) in [6, 6.07) is 9.60. The van der Waals surface area contributed by atoms with Crippen LogP contribution >= 0.6 is 0 Å². The van der Waals surface area contributed by atoms with Crippen LogP contribution in [-0.4, -0.2) is 28.4 Å². The normalized spacial score (nSPS) is 10.5. The molecule has 0 saturated carbocycles. The molecule has 0 bridgehead atoms. The Labute approximate surface area is 107 Å². The molecule has 0 amide bonds. The maximum atomic E-state index is 10.7. The molecule has 2 heterocycles. The van der Waals surface area contributed by atoms with E-state index in [4.69, 9.17) is 13.0 Å². The minimum absolute atomic E-state index is 1.75. The number of aromatic amines is 1. The average Bonchev–Trinajstić information content (AvgIpc) is 2.88. The van der Waals surface area contributed by atoms with Crippen LogP contribution in [0.1, 0.15) is 0 Å². The number of nitrogens with zero attached hydrogens (tertiary/aromatic N) is 1. The number of hydrogen-bond donors (Lipinski definition) is 2. The lowest BCUT2D eigenvalue weighted by Crippen LogP contribution is -2.21. The largest absolute Gasteiger partial charge is 0.522 e. The molecule has 106 valence electrons. The Bertz CT molecular complexity index is 469. The van der Waals surface area contributed by atoms with E-state index >= 15 is 0 Å². The van der Waals surface area contributed by atoms with Gasteiger partial charge < -0.3 is 4.98 Å². The van der Waals surface area contributed by atoms with Crippen molar-refractivity contribution in [3.8, 4) is 0 Å². The number of rotatable bonds is 0. The van der Waals surface area contributed by atoms with Crippen LogP contribution in [0.4, 0.5) is 13.2 Å². The topological polar surface area (TPSA) is 83.0 Å². The van der Waals surface area contributed by atoms with Crippen molar-refractivity contribution in [2.24, 2.45) is 0 Å². The van der Waals surface area contributed by atoms with Gasteiger partial charge in [-0.05, 0) is 24.3 Å². The van der Waals surface area contributed by atoms with Crippen molar-refractivity contribution >= 4 is 10.1 Å². The van der Waals surface area contributed by atoms with E-state index < -0.39 is 15.6 Å². The zero-order valence-electron chi connectivity index (χ0n) is 9.45. The van der Waals surface area contributed by atoms with Gasteiger partial charge in [-0.3, -0.25) is 9.54 Å². The highest BCUT2D eigenvalue weighted by Crippen LogP contribution is 2.20. The van der Waals surface area contributed by atoms with Crippen molar-refractivity contribution in [2.75, 3.05) is 0 Å². The first-order chi connectivity index (χ1) is 8.75. The van der Waals surface area contributed by atoms with E-state index in [0.717, 1.165) is 0 Å². The molecule has 0 aromatic carbocycles. The number of halogens is 3. The minimum Gasteiger partial charge on any atom is -0.368 e. The Balaban J connectivity index is 0.000000262. The maximum absolute atomic E-state index is 10.7. The van der Waals surface area contributed by atoms with Crippen LogP contribution in [0.5, 0.6) is 0 Å². The molecule has 19 heavy (non-hydrogen) atoms. The highest BCUT2D eigenvalue weighted by Gasteiger charge is 2.44. The summed E-state index contributed by atoms with van der Waals surface area (Å²) >= 11 is 0. The van der Waals surface area contributed by atoms with Crippen molar-refractivity contribution in [1.29, 1.82) is 0 Å². The Morgan fingerprint density at radius 3 is 1.47 bits per heavy atom. The van der Waals surface area contributed by atoms with Crippen molar-refractivity contribution in [3.63, 3.8) is 0 Å². The van der Waals surface area contributed by atoms with Crippen molar-refractivity contribution in [2.45, 2.75) is 5.51 Å². The van der Waals surface area contributed by atoms with Crippen LogP contribution in [0.3, 0.4) is 0 Å². The fourth-order valence-electron chi connectivity index (χ4n) is 0.590. The Morgan fingerprint density at radius 2 is 1.37 bits per heavy atom. The van der Waals surface area contributed by atoms with Gasteiger partial charge in [0.15, 0.2) is 0 Å². The molecular weight excluding hydrogens is 285 g/mol. The monoisotopic (exact) mass is 296 g/mol. The Kier molecular flexibility index (Phi) is 7.46. The van der Waals surface area contributed by atoms with Crippen molar-refractivity contribution in [3.05, 3.63) is 55.1 Å². The van der Waals surface area contributed by atoms with Crippen LogP contribution in [0.2, 0.25) is 0 Å². The summed E-state index contributed by atoms with van der Waals surface area (Å²) in [6.45, 7) is 0. The maximum Gasteiger partial charge on any atom is 0.522 e. The molecule has 2 N–H and O–H groups in total. The van der Waals surface area contributed by atoms with E-state index in [1.54, 1.807) is 12.4 Å². The van der Waals surface area contributed by atoms with E-state index in [2.05, 4.69) is 9.97 Å². The molecule has 2 rings (SSSR count). The molecule has 0 atom stereocenters. The molecule has 2 aromatic rings. The number of pyridine rings is 1. The number of alkyl halides is 3. The highest BCUT2D eigenvalue weighted by molar-refractivity contribution is 7.86. The van der Waals surface area contributed by atoms with Gasteiger partial charge >= 0.3 is 15.6 Å². The van der Waals surface area contributed by atoms with Crippen LogP contribution in [0, 0.1) is 0 Å². The van der Waals surface area contributed by atoms with Crippen molar-refractivity contribution in [1.82, 2.24) is 9.97 Å². The lowest BCUT2D eigenvalue weighted by atomic mass is 10.5. The summed E-state index contributed by atoms with van der Waals surface area (Å²) < 4.78 is 57.5. The number of aromatic nitrogens is 2. The molecular formula is C10H11F3N2O3S. The molecule has 0 spiro atoms. The van der Waals surface area contributed by atoms with Crippen LogP contribution in [-0.2, 0) is 10.1 Å². The van der Waals surface area contributed by atoms with Gasteiger partial charge in [-0.25, -0.2) is 0 Å².